The highest BCUT2D eigenvalue weighted by atomic mass is 16.5. The SMILES string of the molecule is CCNC(=NCC1(c2ccccc2)CCCC1)N1CCC(N2CCOCC2)C1. The zero-order valence-corrected chi connectivity index (χ0v) is 17.4. The molecule has 4 rings (SSSR count). The standard InChI is InChI=1S/C23H36N4O/c1-2-24-22(27-13-10-21(18-27)26-14-16-28-17-15-26)25-19-23(11-6-7-12-23)20-8-4-3-5-9-20/h3-5,8-9,21H,2,6-7,10-19H2,1H3,(H,24,25). The Hall–Kier alpha value is -1.59. The van der Waals surface area contributed by atoms with Gasteiger partial charge in [-0.25, -0.2) is 0 Å². The minimum absolute atomic E-state index is 0.227. The summed E-state index contributed by atoms with van der Waals surface area (Å²) in [6, 6.07) is 11.7. The number of ether oxygens (including phenoxy) is 1. The van der Waals surface area contributed by atoms with Crippen LogP contribution in [0.3, 0.4) is 0 Å². The monoisotopic (exact) mass is 384 g/mol. The maximum absolute atomic E-state index is 5.53. The van der Waals surface area contributed by atoms with Gasteiger partial charge in [-0.15, -0.1) is 0 Å². The predicted molar refractivity (Wildman–Crippen MR) is 115 cm³/mol. The lowest BCUT2D eigenvalue weighted by Crippen LogP contribution is -2.47. The number of hydrogen-bond donors (Lipinski definition) is 1. The molecule has 1 aliphatic carbocycles. The van der Waals surface area contributed by atoms with Crippen LogP contribution in [0.15, 0.2) is 35.3 Å². The number of morpholine rings is 1. The molecule has 1 atom stereocenters. The fraction of sp³-hybridized carbons (Fsp3) is 0.696. The number of rotatable bonds is 5. The quantitative estimate of drug-likeness (QED) is 0.626. The number of guanidine groups is 1. The topological polar surface area (TPSA) is 40.1 Å². The normalized spacial score (nSPS) is 26.0. The van der Waals surface area contributed by atoms with Gasteiger partial charge in [0.05, 0.1) is 19.8 Å². The van der Waals surface area contributed by atoms with E-state index in [4.69, 9.17) is 9.73 Å². The summed E-state index contributed by atoms with van der Waals surface area (Å²) >= 11 is 0. The zero-order valence-electron chi connectivity index (χ0n) is 17.4. The maximum Gasteiger partial charge on any atom is 0.193 e. The van der Waals surface area contributed by atoms with Gasteiger partial charge in [0.2, 0.25) is 0 Å². The van der Waals surface area contributed by atoms with E-state index in [1.54, 1.807) is 0 Å². The lowest BCUT2D eigenvalue weighted by atomic mass is 9.79. The van der Waals surface area contributed by atoms with E-state index in [9.17, 15) is 0 Å². The van der Waals surface area contributed by atoms with Gasteiger partial charge in [0, 0.05) is 44.2 Å². The summed E-state index contributed by atoms with van der Waals surface area (Å²) in [7, 11) is 0. The first-order valence-electron chi connectivity index (χ1n) is 11.2. The zero-order chi connectivity index (χ0) is 19.2. The van der Waals surface area contributed by atoms with Crippen LogP contribution in [0.2, 0.25) is 0 Å². The van der Waals surface area contributed by atoms with Crippen molar-refractivity contribution in [2.45, 2.75) is 50.5 Å². The van der Waals surface area contributed by atoms with Crippen LogP contribution in [0.5, 0.6) is 0 Å². The minimum atomic E-state index is 0.227. The molecule has 0 amide bonds. The molecular formula is C23H36N4O. The maximum atomic E-state index is 5.53. The van der Waals surface area contributed by atoms with E-state index in [1.807, 2.05) is 0 Å². The number of nitrogens with one attached hydrogen (secondary N) is 1. The minimum Gasteiger partial charge on any atom is -0.379 e. The first-order chi connectivity index (χ1) is 13.8. The molecule has 2 heterocycles. The number of hydrogen-bond acceptors (Lipinski definition) is 3. The van der Waals surface area contributed by atoms with Crippen molar-refractivity contribution in [1.29, 1.82) is 0 Å². The second-order valence-electron chi connectivity index (χ2n) is 8.56. The second-order valence-corrected chi connectivity index (χ2v) is 8.56. The molecule has 5 nitrogen and oxygen atoms in total. The fourth-order valence-corrected chi connectivity index (χ4v) is 5.21. The summed E-state index contributed by atoms with van der Waals surface area (Å²) in [6.45, 7) is 10.1. The Morgan fingerprint density at radius 1 is 1.14 bits per heavy atom. The summed E-state index contributed by atoms with van der Waals surface area (Å²) in [5.41, 5.74) is 1.70. The van der Waals surface area contributed by atoms with Crippen molar-refractivity contribution in [2.24, 2.45) is 4.99 Å². The van der Waals surface area contributed by atoms with Gasteiger partial charge in [-0.05, 0) is 31.7 Å². The lowest BCUT2D eigenvalue weighted by Gasteiger charge is -2.32. The van der Waals surface area contributed by atoms with E-state index in [2.05, 4.69) is 52.4 Å². The van der Waals surface area contributed by atoms with Crippen molar-refractivity contribution in [3.05, 3.63) is 35.9 Å². The molecule has 3 fully saturated rings. The van der Waals surface area contributed by atoms with Crippen LogP contribution >= 0.6 is 0 Å². The van der Waals surface area contributed by atoms with Crippen LogP contribution in [0.4, 0.5) is 0 Å². The first-order valence-corrected chi connectivity index (χ1v) is 11.2. The fourth-order valence-electron chi connectivity index (χ4n) is 5.21. The Bertz CT molecular complexity index is 635. The molecule has 0 radical (unpaired) electrons. The molecule has 1 aromatic rings. The van der Waals surface area contributed by atoms with Crippen LogP contribution in [0.25, 0.3) is 0 Å². The number of nitrogens with zero attached hydrogens (tertiary/aromatic N) is 3. The Morgan fingerprint density at radius 3 is 2.61 bits per heavy atom. The summed E-state index contributed by atoms with van der Waals surface area (Å²) < 4.78 is 5.53. The average Bonchev–Trinajstić information content (AvgIpc) is 3.43. The molecule has 154 valence electrons. The molecule has 3 aliphatic rings. The van der Waals surface area contributed by atoms with Gasteiger partial charge >= 0.3 is 0 Å². The van der Waals surface area contributed by atoms with Crippen LogP contribution in [-0.2, 0) is 10.2 Å². The van der Waals surface area contributed by atoms with Crippen LogP contribution in [-0.4, -0.2) is 74.3 Å². The van der Waals surface area contributed by atoms with Crippen LogP contribution < -0.4 is 5.32 Å². The number of aliphatic imine (C=N–C) groups is 1. The van der Waals surface area contributed by atoms with Crippen molar-refractivity contribution in [3.8, 4) is 0 Å². The highest BCUT2D eigenvalue weighted by molar-refractivity contribution is 5.80. The third-order valence-electron chi connectivity index (χ3n) is 6.84. The third kappa shape index (κ3) is 4.36. The van der Waals surface area contributed by atoms with Crippen molar-refractivity contribution < 1.29 is 4.74 Å². The summed E-state index contributed by atoms with van der Waals surface area (Å²) in [5, 5.41) is 3.57. The number of benzene rings is 1. The summed E-state index contributed by atoms with van der Waals surface area (Å²) in [4.78, 5) is 10.3. The third-order valence-corrected chi connectivity index (χ3v) is 6.84. The van der Waals surface area contributed by atoms with E-state index < -0.39 is 0 Å². The molecule has 2 aliphatic heterocycles. The highest BCUT2D eigenvalue weighted by Crippen LogP contribution is 2.41. The molecule has 1 N–H and O–H groups in total. The second kappa shape index (κ2) is 9.27. The van der Waals surface area contributed by atoms with Gasteiger partial charge in [0.1, 0.15) is 0 Å². The first kappa shape index (κ1) is 19.7. The van der Waals surface area contributed by atoms with Gasteiger partial charge in [-0.2, -0.15) is 0 Å². The molecule has 1 saturated carbocycles. The Kier molecular flexibility index (Phi) is 6.53. The van der Waals surface area contributed by atoms with Crippen LogP contribution in [0, 0.1) is 0 Å². The number of likely N-dealkylation sites (tertiary alicyclic amines) is 1. The average molecular weight is 385 g/mol. The van der Waals surface area contributed by atoms with Gasteiger partial charge in [-0.1, -0.05) is 43.2 Å². The van der Waals surface area contributed by atoms with Gasteiger partial charge in [0.25, 0.3) is 0 Å². The smallest absolute Gasteiger partial charge is 0.193 e. The van der Waals surface area contributed by atoms with Gasteiger partial charge in [-0.3, -0.25) is 9.89 Å². The van der Waals surface area contributed by atoms with E-state index in [0.29, 0.717) is 6.04 Å². The molecule has 1 unspecified atom stereocenters. The summed E-state index contributed by atoms with van der Waals surface area (Å²) in [6.07, 6.45) is 6.40. The Labute approximate surface area is 170 Å². The molecule has 1 aromatic carbocycles. The predicted octanol–water partition coefficient (Wildman–Crippen LogP) is 2.87. The molecule has 0 bridgehead atoms. The van der Waals surface area contributed by atoms with E-state index >= 15 is 0 Å². The van der Waals surface area contributed by atoms with E-state index in [-0.39, 0.29) is 5.41 Å². The van der Waals surface area contributed by atoms with Crippen molar-refractivity contribution in [1.82, 2.24) is 15.1 Å². The Morgan fingerprint density at radius 2 is 1.89 bits per heavy atom. The molecular weight excluding hydrogens is 348 g/mol. The van der Waals surface area contributed by atoms with Crippen molar-refractivity contribution in [2.75, 3.05) is 52.5 Å². The highest BCUT2D eigenvalue weighted by Gasteiger charge is 2.36. The molecule has 0 aromatic heterocycles. The lowest BCUT2D eigenvalue weighted by molar-refractivity contribution is 0.0195. The van der Waals surface area contributed by atoms with Gasteiger partial charge < -0.3 is 15.0 Å². The van der Waals surface area contributed by atoms with Crippen molar-refractivity contribution >= 4 is 5.96 Å². The van der Waals surface area contributed by atoms with E-state index in [0.717, 1.165) is 58.4 Å². The Balaban J connectivity index is 1.45. The molecule has 5 heteroatoms. The molecule has 28 heavy (non-hydrogen) atoms. The largest absolute Gasteiger partial charge is 0.379 e. The molecule has 0 spiro atoms. The van der Waals surface area contributed by atoms with E-state index in [1.165, 1.54) is 37.7 Å². The summed E-state index contributed by atoms with van der Waals surface area (Å²) in [5.74, 6) is 1.11. The van der Waals surface area contributed by atoms with Gasteiger partial charge in [0.15, 0.2) is 5.96 Å². The molecule has 2 saturated heterocycles. The van der Waals surface area contributed by atoms with Crippen molar-refractivity contribution in [3.63, 3.8) is 0 Å². The van der Waals surface area contributed by atoms with Crippen LogP contribution in [0.1, 0.15) is 44.6 Å².